The Kier molecular flexibility index (Phi) is 2.48. The van der Waals surface area contributed by atoms with Gasteiger partial charge >= 0.3 is 0 Å². The molecule has 4 N–H and O–H groups in total. The molecule has 1 aliphatic heterocycles. The second-order valence-corrected chi connectivity index (χ2v) is 3.07. The second kappa shape index (κ2) is 3.10. The number of rotatable bonds is 1. The van der Waals surface area contributed by atoms with Crippen LogP contribution in [0.5, 0.6) is 0 Å². The summed E-state index contributed by atoms with van der Waals surface area (Å²) in [7, 11) is 0. The minimum atomic E-state index is -1.99. The summed E-state index contributed by atoms with van der Waals surface area (Å²) < 4.78 is 0. The molecule has 0 spiro atoms. The second-order valence-electron chi connectivity index (χ2n) is 3.07. The third kappa shape index (κ3) is 1.25. The molecule has 0 aromatic carbocycles. The van der Waals surface area contributed by atoms with E-state index in [0.29, 0.717) is 0 Å². The third-order valence-electron chi connectivity index (χ3n) is 2.26. The molecule has 0 amide bonds. The molecule has 1 aliphatic rings. The molecule has 0 bridgehead atoms. The van der Waals surface area contributed by atoms with E-state index in [1.807, 2.05) is 0 Å². The van der Waals surface area contributed by atoms with Gasteiger partial charge in [0.05, 0.1) is 0 Å². The Morgan fingerprint density at radius 2 is 1.83 bits per heavy atom. The van der Waals surface area contributed by atoms with E-state index in [1.165, 1.54) is 0 Å². The Morgan fingerprint density at radius 1 is 1.42 bits per heavy atom. The number of carbonyl (C=O) groups excluding carboxylic acids is 1. The summed E-state index contributed by atoms with van der Waals surface area (Å²) in [5.41, 5.74) is -1.99. The summed E-state index contributed by atoms with van der Waals surface area (Å²) in [5.74, 6) is -0.607. The zero-order chi connectivity index (χ0) is 9.35. The molecule has 1 saturated heterocycles. The molecule has 1 rings (SSSR count). The molecule has 5 nitrogen and oxygen atoms in total. The predicted octanol–water partition coefficient (Wildman–Crippen LogP) is -2.37. The molecular weight excluding hydrogens is 162 g/mol. The lowest BCUT2D eigenvalue weighted by Gasteiger charge is -2.39. The minimum absolute atomic E-state index is 0.118. The van der Waals surface area contributed by atoms with Gasteiger partial charge in [0.1, 0.15) is 12.2 Å². The van der Waals surface area contributed by atoms with Gasteiger partial charge in [0, 0.05) is 13.1 Å². The average Bonchev–Trinajstić information content (AvgIpc) is 1.99. The lowest BCUT2D eigenvalue weighted by Crippen LogP contribution is -2.66. The number of aliphatic hydroxyl groups excluding tert-OH is 2. The maximum absolute atomic E-state index is 10.9. The smallest absolute Gasteiger partial charge is 0.176 e. The van der Waals surface area contributed by atoms with Gasteiger partial charge in [0.2, 0.25) is 0 Å². The van der Waals surface area contributed by atoms with E-state index in [0.717, 1.165) is 6.92 Å². The molecule has 1 heterocycles. The van der Waals surface area contributed by atoms with E-state index in [-0.39, 0.29) is 13.1 Å². The summed E-state index contributed by atoms with van der Waals surface area (Å²) in [6.45, 7) is 1.39. The lowest BCUT2D eigenvalue weighted by molar-refractivity contribution is -0.176. The Balaban J connectivity index is 2.87. The summed E-state index contributed by atoms with van der Waals surface area (Å²) in [6, 6.07) is 0. The first-order valence-corrected chi connectivity index (χ1v) is 3.80. The Hall–Kier alpha value is -0.490. The maximum Gasteiger partial charge on any atom is 0.176 e. The number of carbonyl (C=O) groups is 1. The van der Waals surface area contributed by atoms with E-state index < -0.39 is 23.6 Å². The van der Waals surface area contributed by atoms with Crippen LogP contribution in [0.3, 0.4) is 0 Å². The van der Waals surface area contributed by atoms with Gasteiger partial charge < -0.3 is 20.6 Å². The van der Waals surface area contributed by atoms with Gasteiger partial charge in [-0.2, -0.15) is 0 Å². The summed E-state index contributed by atoms with van der Waals surface area (Å²) >= 11 is 0. The van der Waals surface area contributed by atoms with Crippen LogP contribution in [0.25, 0.3) is 0 Å². The molecule has 0 aromatic rings. The van der Waals surface area contributed by atoms with Crippen molar-refractivity contribution in [3.8, 4) is 0 Å². The van der Waals surface area contributed by atoms with E-state index in [2.05, 4.69) is 5.32 Å². The molecule has 12 heavy (non-hydrogen) atoms. The van der Waals surface area contributed by atoms with Gasteiger partial charge in [0.25, 0.3) is 0 Å². The van der Waals surface area contributed by atoms with Crippen molar-refractivity contribution in [2.45, 2.75) is 24.7 Å². The van der Waals surface area contributed by atoms with Crippen LogP contribution in [-0.4, -0.2) is 52.0 Å². The zero-order valence-corrected chi connectivity index (χ0v) is 6.82. The van der Waals surface area contributed by atoms with Crippen molar-refractivity contribution in [2.24, 2.45) is 0 Å². The van der Waals surface area contributed by atoms with Gasteiger partial charge in [-0.1, -0.05) is 0 Å². The first-order chi connectivity index (χ1) is 5.49. The highest BCUT2D eigenvalue weighted by atomic mass is 16.4. The van der Waals surface area contributed by atoms with Crippen LogP contribution in [0, 0.1) is 0 Å². The standard InChI is InChI=1S/C7H13NO4/c1-4(9)7(12)5(10)2-8-3-6(7)11/h5-6,8,10-12H,2-3H2,1H3. The average molecular weight is 175 g/mol. The Bertz CT molecular complexity index is 184. The molecule has 2 unspecified atom stereocenters. The van der Waals surface area contributed by atoms with Crippen molar-refractivity contribution < 1.29 is 20.1 Å². The van der Waals surface area contributed by atoms with Crippen LogP contribution in [0.4, 0.5) is 0 Å². The van der Waals surface area contributed by atoms with Crippen molar-refractivity contribution in [3.63, 3.8) is 0 Å². The molecule has 2 atom stereocenters. The highest BCUT2D eigenvalue weighted by molar-refractivity contribution is 5.86. The van der Waals surface area contributed by atoms with Crippen molar-refractivity contribution in [2.75, 3.05) is 13.1 Å². The highest BCUT2D eigenvalue weighted by Gasteiger charge is 2.49. The fourth-order valence-electron chi connectivity index (χ4n) is 1.36. The molecule has 0 radical (unpaired) electrons. The minimum Gasteiger partial charge on any atom is -0.388 e. The van der Waals surface area contributed by atoms with Gasteiger partial charge in [-0.3, -0.25) is 4.79 Å². The van der Waals surface area contributed by atoms with Crippen molar-refractivity contribution in [1.29, 1.82) is 0 Å². The molecule has 0 aliphatic carbocycles. The van der Waals surface area contributed by atoms with Crippen molar-refractivity contribution in [1.82, 2.24) is 5.32 Å². The SMILES string of the molecule is CC(=O)C1(O)C(O)CNCC1O. The first kappa shape index (κ1) is 9.60. The van der Waals surface area contributed by atoms with Crippen molar-refractivity contribution in [3.05, 3.63) is 0 Å². The molecule has 70 valence electrons. The molecule has 0 aromatic heterocycles. The number of ketones is 1. The van der Waals surface area contributed by atoms with Crippen LogP contribution in [0.1, 0.15) is 6.92 Å². The number of hydrogen-bond donors (Lipinski definition) is 4. The Labute approximate surface area is 70.0 Å². The number of β-amino-alcohol motifs (C(OH)–C–C–N with tert-alkyl or cyclic N) is 2. The normalized spacial score (nSPS) is 42.7. The fourth-order valence-corrected chi connectivity index (χ4v) is 1.36. The topological polar surface area (TPSA) is 89.8 Å². The van der Waals surface area contributed by atoms with Crippen molar-refractivity contribution >= 4 is 5.78 Å². The highest BCUT2D eigenvalue weighted by Crippen LogP contribution is 2.20. The van der Waals surface area contributed by atoms with Crippen LogP contribution >= 0.6 is 0 Å². The molecule has 5 heteroatoms. The third-order valence-corrected chi connectivity index (χ3v) is 2.26. The largest absolute Gasteiger partial charge is 0.388 e. The summed E-state index contributed by atoms with van der Waals surface area (Å²) in [4.78, 5) is 10.9. The maximum atomic E-state index is 10.9. The monoisotopic (exact) mass is 175 g/mol. The molecule has 0 saturated carbocycles. The van der Waals surface area contributed by atoms with Crippen LogP contribution < -0.4 is 5.32 Å². The predicted molar refractivity (Wildman–Crippen MR) is 40.5 cm³/mol. The quantitative estimate of drug-likeness (QED) is 0.358. The summed E-state index contributed by atoms with van der Waals surface area (Å²) in [5, 5.41) is 30.8. The van der Waals surface area contributed by atoms with Crippen LogP contribution in [-0.2, 0) is 4.79 Å². The zero-order valence-electron chi connectivity index (χ0n) is 6.82. The van der Waals surface area contributed by atoms with E-state index in [4.69, 9.17) is 0 Å². The van der Waals surface area contributed by atoms with Gasteiger partial charge in [-0.15, -0.1) is 0 Å². The summed E-state index contributed by atoms with van der Waals surface area (Å²) in [6.07, 6.45) is -2.47. The molecule has 1 fully saturated rings. The van der Waals surface area contributed by atoms with E-state index in [1.54, 1.807) is 0 Å². The number of Topliss-reactive ketones (excluding diaryl/α,β-unsaturated/α-hetero) is 1. The van der Waals surface area contributed by atoms with E-state index >= 15 is 0 Å². The number of hydrogen-bond acceptors (Lipinski definition) is 5. The Morgan fingerprint density at radius 3 is 2.08 bits per heavy atom. The number of aliphatic hydroxyl groups is 3. The number of nitrogens with one attached hydrogen (secondary N) is 1. The number of piperidine rings is 1. The molecular formula is C7H13NO4. The first-order valence-electron chi connectivity index (χ1n) is 3.80. The van der Waals surface area contributed by atoms with Gasteiger partial charge in [0.15, 0.2) is 11.4 Å². The van der Waals surface area contributed by atoms with Crippen LogP contribution in [0.15, 0.2) is 0 Å². The van der Waals surface area contributed by atoms with Crippen LogP contribution in [0.2, 0.25) is 0 Å². The lowest BCUT2D eigenvalue weighted by atomic mass is 9.84. The van der Waals surface area contributed by atoms with E-state index in [9.17, 15) is 20.1 Å². The van der Waals surface area contributed by atoms with Gasteiger partial charge in [-0.05, 0) is 6.92 Å². The van der Waals surface area contributed by atoms with Gasteiger partial charge in [-0.25, -0.2) is 0 Å². The fraction of sp³-hybridized carbons (Fsp3) is 0.857.